The van der Waals surface area contributed by atoms with Crippen LogP contribution in [0.3, 0.4) is 0 Å². The first kappa shape index (κ1) is 23.1. The number of benzene rings is 1. The Hall–Kier alpha value is -0.880. The monoisotopic (exact) mass is 379 g/mol. The second-order valence-electron chi connectivity index (χ2n) is 6.49. The molecule has 2 atom stereocenters. The smallest absolute Gasteiger partial charge is 0.234 e. The molecular weight excluding hydrogens is 352 g/mol. The Morgan fingerprint density at radius 1 is 1.29 bits per heavy atom. The molecule has 7 heteroatoms. The highest BCUT2D eigenvalue weighted by Gasteiger charge is 2.32. The Morgan fingerprint density at radius 3 is 2.46 bits per heavy atom. The van der Waals surface area contributed by atoms with Crippen LogP contribution in [0.2, 0.25) is 0 Å². The summed E-state index contributed by atoms with van der Waals surface area (Å²) in [5, 5.41) is 2.92. The largest absolute Gasteiger partial charge is 0.355 e. The predicted molar refractivity (Wildman–Crippen MR) is 100 cm³/mol. The maximum absolute atomic E-state index is 12.8. The molecule has 1 aromatic carbocycles. The van der Waals surface area contributed by atoms with E-state index in [0.29, 0.717) is 31.3 Å². The summed E-state index contributed by atoms with van der Waals surface area (Å²) >= 11 is 0. The van der Waals surface area contributed by atoms with E-state index in [2.05, 4.69) is 24.1 Å². The highest BCUT2D eigenvalue weighted by atomic mass is 35.5. The van der Waals surface area contributed by atoms with Crippen molar-refractivity contribution in [3.8, 4) is 0 Å². The quantitative estimate of drug-likeness (QED) is 0.796. The zero-order chi connectivity index (χ0) is 16.1. The van der Waals surface area contributed by atoms with E-state index in [0.717, 1.165) is 18.7 Å². The number of carbonyl (C=O) groups is 1. The lowest BCUT2D eigenvalue weighted by molar-refractivity contribution is -0.122. The van der Waals surface area contributed by atoms with Crippen LogP contribution in [0.15, 0.2) is 24.3 Å². The van der Waals surface area contributed by atoms with E-state index in [1.807, 2.05) is 0 Å². The number of nitrogens with two attached hydrogens (primary N) is 1. The third-order valence-electron chi connectivity index (χ3n) is 4.36. The van der Waals surface area contributed by atoms with Crippen molar-refractivity contribution in [1.82, 2.24) is 10.2 Å². The molecule has 2 rings (SSSR count). The van der Waals surface area contributed by atoms with Crippen LogP contribution in [0.25, 0.3) is 0 Å². The summed E-state index contributed by atoms with van der Waals surface area (Å²) in [5.41, 5.74) is 7.15. The minimum absolute atomic E-state index is 0. The zero-order valence-corrected chi connectivity index (χ0v) is 15.8. The van der Waals surface area contributed by atoms with Gasteiger partial charge in [0.15, 0.2) is 0 Å². The third-order valence-corrected chi connectivity index (χ3v) is 4.36. The predicted octanol–water partition coefficient (Wildman–Crippen LogP) is 2.24. The molecule has 0 aliphatic carbocycles. The first-order valence-electron chi connectivity index (χ1n) is 7.95. The lowest BCUT2D eigenvalue weighted by Gasteiger charge is -2.18. The van der Waals surface area contributed by atoms with Crippen molar-refractivity contribution in [3.63, 3.8) is 0 Å². The number of carbonyl (C=O) groups excluding carboxylic acids is 1. The van der Waals surface area contributed by atoms with E-state index in [1.165, 1.54) is 12.1 Å². The van der Waals surface area contributed by atoms with Crippen molar-refractivity contribution in [2.24, 2.45) is 17.6 Å². The summed E-state index contributed by atoms with van der Waals surface area (Å²) in [4.78, 5) is 14.1. The summed E-state index contributed by atoms with van der Waals surface area (Å²) < 4.78 is 12.8. The molecule has 1 aliphatic heterocycles. The lowest BCUT2D eigenvalue weighted by atomic mass is 9.92. The van der Waals surface area contributed by atoms with E-state index in [1.54, 1.807) is 12.1 Å². The summed E-state index contributed by atoms with van der Waals surface area (Å²) in [6.45, 7) is 7.00. The summed E-state index contributed by atoms with van der Waals surface area (Å²) in [6.07, 6.45) is 0.708. The standard InChI is InChI=1S/C17H26FN3O.2ClH/c1-12(2)15-9-21(10-16(15)19)11-17(22)20-8-7-13-3-5-14(18)6-4-13;;/h3-6,12,15-16H,7-11,19H2,1-2H3,(H,20,22);2*1H/t15-,16+;;/m1../s1. The first-order valence-corrected chi connectivity index (χ1v) is 7.95. The Morgan fingerprint density at radius 2 is 1.92 bits per heavy atom. The van der Waals surface area contributed by atoms with Gasteiger partial charge in [-0.05, 0) is 36.0 Å². The van der Waals surface area contributed by atoms with Crippen molar-refractivity contribution in [3.05, 3.63) is 35.6 Å². The number of amides is 1. The summed E-state index contributed by atoms with van der Waals surface area (Å²) in [7, 11) is 0. The molecule has 1 saturated heterocycles. The maximum Gasteiger partial charge on any atom is 0.234 e. The first-order chi connectivity index (χ1) is 10.5. The summed E-state index contributed by atoms with van der Waals surface area (Å²) in [6, 6.07) is 6.53. The van der Waals surface area contributed by atoms with Crippen LogP contribution in [-0.4, -0.2) is 43.0 Å². The van der Waals surface area contributed by atoms with Crippen LogP contribution in [0, 0.1) is 17.7 Å². The van der Waals surface area contributed by atoms with Gasteiger partial charge in [0.2, 0.25) is 5.91 Å². The highest BCUT2D eigenvalue weighted by Crippen LogP contribution is 2.22. The number of rotatable bonds is 6. The summed E-state index contributed by atoms with van der Waals surface area (Å²) in [5.74, 6) is 0.796. The minimum Gasteiger partial charge on any atom is -0.355 e. The molecule has 1 aliphatic rings. The van der Waals surface area contributed by atoms with E-state index >= 15 is 0 Å². The normalized spacial score (nSPS) is 20.4. The van der Waals surface area contributed by atoms with Gasteiger partial charge in [0.05, 0.1) is 6.54 Å². The number of likely N-dealkylation sites (tertiary alicyclic amines) is 1. The van der Waals surface area contributed by atoms with Crippen LogP contribution in [0.4, 0.5) is 4.39 Å². The van der Waals surface area contributed by atoms with Crippen LogP contribution >= 0.6 is 24.8 Å². The SMILES string of the molecule is CC(C)[C@H]1CN(CC(=O)NCCc2ccc(F)cc2)C[C@@H]1N.Cl.Cl. The van der Waals surface area contributed by atoms with Crippen molar-refractivity contribution < 1.29 is 9.18 Å². The van der Waals surface area contributed by atoms with Crippen LogP contribution in [0.1, 0.15) is 19.4 Å². The van der Waals surface area contributed by atoms with E-state index in [4.69, 9.17) is 5.73 Å². The third kappa shape index (κ3) is 6.93. The van der Waals surface area contributed by atoms with Gasteiger partial charge >= 0.3 is 0 Å². The van der Waals surface area contributed by atoms with Gasteiger partial charge in [0, 0.05) is 25.7 Å². The molecule has 0 aromatic heterocycles. The zero-order valence-electron chi connectivity index (χ0n) is 14.2. The van der Waals surface area contributed by atoms with Crippen LogP contribution in [-0.2, 0) is 11.2 Å². The van der Waals surface area contributed by atoms with Gasteiger partial charge in [-0.2, -0.15) is 0 Å². The molecule has 1 amide bonds. The molecule has 1 heterocycles. The topological polar surface area (TPSA) is 58.4 Å². The average molecular weight is 380 g/mol. The minimum atomic E-state index is -0.238. The van der Waals surface area contributed by atoms with E-state index < -0.39 is 0 Å². The molecule has 0 unspecified atom stereocenters. The average Bonchev–Trinajstić information content (AvgIpc) is 2.82. The van der Waals surface area contributed by atoms with Crippen molar-refractivity contribution in [2.75, 3.05) is 26.2 Å². The van der Waals surface area contributed by atoms with Crippen molar-refractivity contribution >= 4 is 30.7 Å². The molecule has 1 fully saturated rings. The maximum atomic E-state index is 12.8. The highest BCUT2D eigenvalue weighted by molar-refractivity contribution is 5.85. The van der Waals surface area contributed by atoms with Crippen molar-refractivity contribution in [2.45, 2.75) is 26.3 Å². The van der Waals surface area contributed by atoms with Crippen LogP contribution < -0.4 is 11.1 Å². The van der Waals surface area contributed by atoms with Gasteiger partial charge in [-0.1, -0.05) is 26.0 Å². The van der Waals surface area contributed by atoms with Gasteiger partial charge in [-0.15, -0.1) is 24.8 Å². The molecule has 0 spiro atoms. The van der Waals surface area contributed by atoms with Crippen molar-refractivity contribution in [1.29, 1.82) is 0 Å². The molecule has 1 aromatic rings. The Balaban J connectivity index is 0.00000264. The Bertz CT molecular complexity index is 499. The fourth-order valence-electron chi connectivity index (χ4n) is 3.03. The van der Waals surface area contributed by atoms with Gasteiger partial charge < -0.3 is 11.1 Å². The second kappa shape index (κ2) is 10.9. The van der Waals surface area contributed by atoms with Gasteiger partial charge in [0.1, 0.15) is 5.82 Å². The second-order valence-corrected chi connectivity index (χ2v) is 6.49. The molecule has 0 saturated carbocycles. The number of hydrogen-bond acceptors (Lipinski definition) is 3. The molecule has 3 N–H and O–H groups in total. The number of nitrogens with one attached hydrogen (secondary N) is 1. The van der Waals surface area contributed by atoms with Crippen LogP contribution in [0.5, 0.6) is 0 Å². The van der Waals surface area contributed by atoms with Gasteiger partial charge in [-0.3, -0.25) is 9.69 Å². The van der Waals surface area contributed by atoms with Gasteiger partial charge in [-0.25, -0.2) is 4.39 Å². The molecule has 0 bridgehead atoms. The Kier molecular flexibility index (Phi) is 10.5. The fraction of sp³-hybridized carbons (Fsp3) is 0.588. The molecular formula is C17H28Cl2FN3O. The van der Waals surface area contributed by atoms with E-state index in [-0.39, 0.29) is 42.6 Å². The molecule has 4 nitrogen and oxygen atoms in total. The number of halogens is 3. The number of hydrogen-bond donors (Lipinski definition) is 2. The van der Waals surface area contributed by atoms with E-state index in [9.17, 15) is 9.18 Å². The van der Waals surface area contributed by atoms with Gasteiger partial charge in [0.25, 0.3) is 0 Å². The lowest BCUT2D eigenvalue weighted by Crippen LogP contribution is -2.38. The molecule has 0 radical (unpaired) electrons. The fourth-order valence-corrected chi connectivity index (χ4v) is 3.03. The Labute approximate surface area is 156 Å². The number of nitrogens with zero attached hydrogens (tertiary/aromatic N) is 1. The molecule has 24 heavy (non-hydrogen) atoms. The molecule has 138 valence electrons.